The lowest BCUT2D eigenvalue weighted by atomic mass is 10.1. The number of likely N-dealkylation sites (tertiary alicyclic amines) is 2. The maximum absolute atomic E-state index is 12.5. The lowest BCUT2D eigenvalue weighted by molar-refractivity contribution is -0.136. The molecule has 0 aliphatic carbocycles. The van der Waals surface area contributed by atoms with E-state index in [-0.39, 0.29) is 12.5 Å². The van der Waals surface area contributed by atoms with E-state index in [2.05, 4.69) is 4.90 Å². The van der Waals surface area contributed by atoms with Gasteiger partial charge in [-0.3, -0.25) is 4.79 Å². The third-order valence-electron chi connectivity index (χ3n) is 5.34. The maximum Gasteiger partial charge on any atom is 0.248 e. The highest BCUT2D eigenvalue weighted by atomic mass is 16.5. The summed E-state index contributed by atoms with van der Waals surface area (Å²) in [5, 5.41) is 0. The molecular weight excluding hydrogens is 316 g/mol. The summed E-state index contributed by atoms with van der Waals surface area (Å²) >= 11 is 0. The molecule has 1 amide bonds. The SMILES string of the molecule is COc1cccc(COCC(=O)N2CCC[C@H](N3CCCC3)CC2)c1. The van der Waals surface area contributed by atoms with E-state index in [0.29, 0.717) is 12.6 Å². The van der Waals surface area contributed by atoms with Crippen LogP contribution in [0.25, 0.3) is 0 Å². The number of hydrogen-bond acceptors (Lipinski definition) is 4. The third kappa shape index (κ3) is 5.19. The van der Waals surface area contributed by atoms with Crippen molar-refractivity contribution in [1.29, 1.82) is 0 Å². The fourth-order valence-corrected chi connectivity index (χ4v) is 3.91. The fourth-order valence-electron chi connectivity index (χ4n) is 3.91. The average molecular weight is 346 g/mol. The van der Waals surface area contributed by atoms with Gasteiger partial charge in [-0.1, -0.05) is 12.1 Å². The second-order valence-electron chi connectivity index (χ2n) is 7.05. The molecule has 0 bridgehead atoms. The number of benzene rings is 1. The van der Waals surface area contributed by atoms with Gasteiger partial charge in [-0.05, 0) is 62.9 Å². The first-order valence-electron chi connectivity index (χ1n) is 9.49. The molecule has 0 aromatic heterocycles. The van der Waals surface area contributed by atoms with Crippen molar-refractivity contribution in [1.82, 2.24) is 9.80 Å². The van der Waals surface area contributed by atoms with Crippen LogP contribution in [0.4, 0.5) is 0 Å². The molecule has 1 atom stereocenters. The van der Waals surface area contributed by atoms with Gasteiger partial charge < -0.3 is 19.3 Å². The van der Waals surface area contributed by atoms with Crippen molar-refractivity contribution >= 4 is 5.91 Å². The van der Waals surface area contributed by atoms with E-state index >= 15 is 0 Å². The number of rotatable bonds is 6. The first-order chi connectivity index (χ1) is 12.3. The molecule has 5 heteroatoms. The van der Waals surface area contributed by atoms with E-state index in [0.717, 1.165) is 37.2 Å². The van der Waals surface area contributed by atoms with Crippen molar-refractivity contribution < 1.29 is 14.3 Å². The van der Waals surface area contributed by atoms with Crippen LogP contribution in [-0.4, -0.2) is 61.6 Å². The highest BCUT2D eigenvalue weighted by Crippen LogP contribution is 2.21. The van der Waals surface area contributed by atoms with Crippen LogP contribution in [0.3, 0.4) is 0 Å². The van der Waals surface area contributed by atoms with Crippen LogP contribution in [0, 0.1) is 0 Å². The second-order valence-corrected chi connectivity index (χ2v) is 7.05. The van der Waals surface area contributed by atoms with Crippen molar-refractivity contribution in [2.45, 2.75) is 44.8 Å². The minimum Gasteiger partial charge on any atom is -0.497 e. The third-order valence-corrected chi connectivity index (χ3v) is 5.34. The molecular formula is C20H30N2O3. The number of carbonyl (C=O) groups excluding carboxylic acids is 1. The molecule has 0 unspecified atom stereocenters. The van der Waals surface area contributed by atoms with Gasteiger partial charge in [0.05, 0.1) is 13.7 Å². The molecule has 1 aromatic carbocycles. The zero-order valence-corrected chi connectivity index (χ0v) is 15.3. The average Bonchev–Trinajstić information content (AvgIpc) is 3.06. The zero-order valence-electron chi connectivity index (χ0n) is 15.3. The van der Waals surface area contributed by atoms with Crippen LogP contribution < -0.4 is 4.74 Å². The molecule has 3 rings (SSSR count). The molecule has 138 valence electrons. The van der Waals surface area contributed by atoms with Gasteiger partial charge in [0.15, 0.2) is 0 Å². The second kappa shape index (κ2) is 9.20. The van der Waals surface area contributed by atoms with Gasteiger partial charge >= 0.3 is 0 Å². The molecule has 0 N–H and O–H groups in total. The Labute approximate surface area is 150 Å². The Hall–Kier alpha value is -1.59. The summed E-state index contributed by atoms with van der Waals surface area (Å²) in [4.78, 5) is 17.1. The number of amides is 1. The monoisotopic (exact) mass is 346 g/mol. The minimum atomic E-state index is 0.116. The molecule has 2 aliphatic rings. The Bertz CT molecular complexity index is 558. The fraction of sp³-hybridized carbons (Fsp3) is 0.650. The van der Waals surface area contributed by atoms with Crippen LogP contribution >= 0.6 is 0 Å². The lowest BCUT2D eigenvalue weighted by Crippen LogP contribution is -2.37. The van der Waals surface area contributed by atoms with Crippen molar-refractivity contribution in [3.63, 3.8) is 0 Å². The summed E-state index contributed by atoms with van der Waals surface area (Å²) < 4.78 is 10.9. The van der Waals surface area contributed by atoms with Gasteiger partial charge in [-0.2, -0.15) is 0 Å². The summed E-state index contributed by atoms with van der Waals surface area (Å²) in [6.07, 6.45) is 6.08. The highest BCUT2D eigenvalue weighted by Gasteiger charge is 2.26. The van der Waals surface area contributed by atoms with Crippen molar-refractivity contribution in [2.75, 3.05) is 39.9 Å². The quantitative estimate of drug-likeness (QED) is 0.794. The Morgan fingerprint density at radius 1 is 1.12 bits per heavy atom. The predicted octanol–water partition coefficient (Wildman–Crippen LogP) is 2.69. The molecule has 0 spiro atoms. The molecule has 2 saturated heterocycles. The van der Waals surface area contributed by atoms with Crippen molar-refractivity contribution in [2.24, 2.45) is 0 Å². The van der Waals surface area contributed by atoms with E-state index in [1.54, 1.807) is 7.11 Å². The maximum atomic E-state index is 12.5. The van der Waals surface area contributed by atoms with Gasteiger partial charge in [-0.15, -0.1) is 0 Å². The Balaban J connectivity index is 1.41. The Morgan fingerprint density at radius 3 is 2.76 bits per heavy atom. The van der Waals surface area contributed by atoms with E-state index in [1.807, 2.05) is 29.2 Å². The Kier molecular flexibility index (Phi) is 6.70. The van der Waals surface area contributed by atoms with Gasteiger partial charge in [0, 0.05) is 19.1 Å². The standard InChI is InChI=1S/C20H30N2O3/c1-24-19-8-4-6-17(14-19)15-25-16-20(23)22-12-5-7-18(9-13-22)21-10-2-3-11-21/h4,6,8,14,18H,2-3,5,7,9-13,15-16H2,1H3/t18-/m0/s1. The lowest BCUT2D eigenvalue weighted by Gasteiger charge is -2.26. The van der Waals surface area contributed by atoms with Gasteiger partial charge in [0.25, 0.3) is 0 Å². The summed E-state index contributed by atoms with van der Waals surface area (Å²) in [6.45, 7) is 4.80. The Morgan fingerprint density at radius 2 is 1.96 bits per heavy atom. The highest BCUT2D eigenvalue weighted by molar-refractivity contribution is 5.77. The number of carbonyl (C=O) groups is 1. The normalized spacial score (nSPS) is 22.0. The summed E-state index contributed by atoms with van der Waals surface area (Å²) in [5.74, 6) is 0.929. The number of nitrogens with zero attached hydrogens (tertiary/aromatic N) is 2. The molecule has 2 fully saturated rings. The van der Waals surface area contributed by atoms with Crippen molar-refractivity contribution in [3.8, 4) is 5.75 Å². The van der Waals surface area contributed by atoms with E-state index in [1.165, 1.54) is 32.4 Å². The molecule has 2 heterocycles. The molecule has 1 aromatic rings. The topological polar surface area (TPSA) is 42.0 Å². The largest absolute Gasteiger partial charge is 0.497 e. The molecule has 2 aliphatic heterocycles. The number of hydrogen-bond donors (Lipinski definition) is 0. The van der Waals surface area contributed by atoms with E-state index < -0.39 is 0 Å². The number of methoxy groups -OCH3 is 1. The molecule has 0 saturated carbocycles. The van der Waals surface area contributed by atoms with Crippen LogP contribution in [-0.2, 0) is 16.1 Å². The van der Waals surface area contributed by atoms with Crippen LogP contribution in [0.1, 0.15) is 37.7 Å². The summed E-state index contributed by atoms with van der Waals surface area (Å²) in [7, 11) is 1.65. The van der Waals surface area contributed by atoms with Gasteiger partial charge in [-0.25, -0.2) is 0 Å². The van der Waals surface area contributed by atoms with Gasteiger partial charge in [0.1, 0.15) is 12.4 Å². The summed E-state index contributed by atoms with van der Waals surface area (Å²) in [6, 6.07) is 8.43. The van der Waals surface area contributed by atoms with Crippen LogP contribution in [0.2, 0.25) is 0 Å². The summed E-state index contributed by atoms with van der Waals surface area (Å²) in [5.41, 5.74) is 1.03. The van der Waals surface area contributed by atoms with Gasteiger partial charge in [0.2, 0.25) is 5.91 Å². The zero-order chi connectivity index (χ0) is 17.5. The van der Waals surface area contributed by atoms with Crippen LogP contribution in [0.5, 0.6) is 5.75 Å². The predicted molar refractivity (Wildman–Crippen MR) is 97.7 cm³/mol. The first kappa shape index (κ1) is 18.2. The number of ether oxygens (including phenoxy) is 2. The minimum absolute atomic E-state index is 0.116. The molecule has 25 heavy (non-hydrogen) atoms. The van der Waals surface area contributed by atoms with Crippen molar-refractivity contribution in [3.05, 3.63) is 29.8 Å². The van der Waals surface area contributed by atoms with Crippen LogP contribution in [0.15, 0.2) is 24.3 Å². The van der Waals surface area contributed by atoms with E-state index in [9.17, 15) is 4.79 Å². The first-order valence-corrected chi connectivity index (χ1v) is 9.49. The smallest absolute Gasteiger partial charge is 0.248 e. The molecule has 0 radical (unpaired) electrons. The van der Waals surface area contributed by atoms with E-state index in [4.69, 9.17) is 9.47 Å². The molecule has 5 nitrogen and oxygen atoms in total.